The quantitative estimate of drug-likeness (QED) is 0.804. The van der Waals surface area contributed by atoms with Crippen LogP contribution < -0.4 is 11.1 Å². The molecule has 0 radical (unpaired) electrons. The number of nitrogens with one attached hydrogen (secondary N) is 1. The van der Waals surface area contributed by atoms with Crippen LogP contribution in [0.2, 0.25) is 0 Å². The normalized spacial score (nSPS) is 23.9. The van der Waals surface area contributed by atoms with Gasteiger partial charge in [-0.1, -0.05) is 23.9 Å². The molecule has 90 valence electrons. The number of benzene rings is 1. The second kappa shape index (κ2) is 4.79. The van der Waals surface area contributed by atoms with E-state index < -0.39 is 0 Å². The van der Waals surface area contributed by atoms with Crippen LogP contribution in [0, 0.1) is 0 Å². The van der Waals surface area contributed by atoms with Crippen LogP contribution in [0.4, 0.5) is 5.69 Å². The van der Waals surface area contributed by atoms with Crippen molar-refractivity contribution in [2.75, 3.05) is 11.1 Å². The molecule has 0 saturated heterocycles. The highest BCUT2D eigenvalue weighted by Crippen LogP contribution is 2.35. The molecule has 1 heterocycles. The maximum absolute atomic E-state index is 10.4. The van der Waals surface area contributed by atoms with E-state index in [0.717, 1.165) is 23.4 Å². The van der Waals surface area contributed by atoms with E-state index in [0.29, 0.717) is 11.6 Å². The molecule has 1 unspecified atom stereocenters. The Balaban J connectivity index is 2.35. The summed E-state index contributed by atoms with van der Waals surface area (Å²) in [6.45, 7) is 2.07. The summed E-state index contributed by atoms with van der Waals surface area (Å²) in [5.74, 6) is 0.969. The maximum Gasteiger partial charge on any atom is 0.211 e. The molecule has 1 amide bonds. The molecule has 0 aromatic heterocycles. The van der Waals surface area contributed by atoms with E-state index in [4.69, 9.17) is 5.73 Å². The molecule has 4 nitrogen and oxygen atoms in total. The van der Waals surface area contributed by atoms with E-state index >= 15 is 0 Å². The fraction of sp³-hybridized carbons (Fsp3) is 0.333. The largest absolute Gasteiger partial charge is 0.379 e. The van der Waals surface area contributed by atoms with Crippen molar-refractivity contribution in [2.45, 2.75) is 18.9 Å². The first-order chi connectivity index (χ1) is 8.14. The molecule has 1 atom stereocenters. The van der Waals surface area contributed by atoms with Gasteiger partial charge in [0.25, 0.3) is 0 Å². The van der Waals surface area contributed by atoms with Crippen LogP contribution in [0.1, 0.15) is 18.9 Å². The first-order valence-electron chi connectivity index (χ1n) is 5.43. The molecule has 5 heteroatoms. The average molecular weight is 249 g/mol. The lowest BCUT2D eigenvalue weighted by atomic mass is 9.89. The van der Waals surface area contributed by atoms with Crippen LogP contribution in [-0.2, 0) is 10.3 Å². The van der Waals surface area contributed by atoms with E-state index in [9.17, 15) is 4.79 Å². The van der Waals surface area contributed by atoms with Crippen molar-refractivity contribution >= 4 is 29.0 Å². The smallest absolute Gasteiger partial charge is 0.211 e. The summed E-state index contributed by atoms with van der Waals surface area (Å²) in [6.07, 6.45) is 1.62. The van der Waals surface area contributed by atoms with Crippen molar-refractivity contribution in [3.8, 4) is 0 Å². The Morgan fingerprint density at radius 3 is 3.12 bits per heavy atom. The minimum Gasteiger partial charge on any atom is -0.379 e. The van der Waals surface area contributed by atoms with E-state index in [1.165, 1.54) is 0 Å². The SMILES string of the molecule is CC1(c2cccc(NC=O)c2)CCSC(N)=N1. The fourth-order valence-electron chi connectivity index (χ4n) is 1.91. The van der Waals surface area contributed by atoms with Crippen molar-refractivity contribution < 1.29 is 4.79 Å². The zero-order valence-electron chi connectivity index (χ0n) is 9.64. The summed E-state index contributed by atoms with van der Waals surface area (Å²) in [7, 11) is 0. The number of aliphatic imine (C=N–C) groups is 1. The summed E-state index contributed by atoms with van der Waals surface area (Å²) in [5.41, 5.74) is 7.36. The number of anilines is 1. The number of nitrogens with zero attached hydrogens (tertiary/aromatic N) is 1. The number of hydrogen-bond acceptors (Lipinski definition) is 4. The number of thioether (sulfide) groups is 1. The van der Waals surface area contributed by atoms with Crippen LogP contribution in [0.3, 0.4) is 0 Å². The Morgan fingerprint density at radius 2 is 2.41 bits per heavy atom. The van der Waals surface area contributed by atoms with Crippen LogP contribution in [0.15, 0.2) is 29.3 Å². The zero-order valence-corrected chi connectivity index (χ0v) is 10.5. The van der Waals surface area contributed by atoms with Gasteiger partial charge >= 0.3 is 0 Å². The molecule has 1 aromatic carbocycles. The van der Waals surface area contributed by atoms with E-state index in [2.05, 4.69) is 17.2 Å². The minimum atomic E-state index is -0.282. The first kappa shape index (κ1) is 12.0. The highest BCUT2D eigenvalue weighted by Gasteiger charge is 2.29. The van der Waals surface area contributed by atoms with Gasteiger partial charge < -0.3 is 11.1 Å². The molecule has 1 aliphatic rings. The Bertz CT molecular complexity index is 461. The highest BCUT2D eigenvalue weighted by molar-refractivity contribution is 8.13. The summed E-state index contributed by atoms with van der Waals surface area (Å²) in [6, 6.07) is 7.73. The Hall–Kier alpha value is -1.49. The average Bonchev–Trinajstić information content (AvgIpc) is 2.29. The second-order valence-corrected chi connectivity index (χ2v) is 5.28. The van der Waals surface area contributed by atoms with Crippen molar-refractivity contribution in [2.24, 2.45) is 10.7 Å². The third kappa shape index (κ3) is 2.61. The van der Waals surface area contributed by atoms with Gasteiger partial charge in [0.1, 0.15) is 0 Å². The summed E-state index contributed by atoms with van der Waals surface area (Å²) in [4.78, 5) is 15.0. The zero-order chi connectivity index (χ0) is 12.3. The minimum absolute atomic E-state index is 0.282. The molecule has 1 aliphatic heterocycles. The number of rotatable bonds is 3. The van der Waals surface area contributed by atoms with E-state index in [-0.39, 0.29) is 5.54 Å². The van der Waals surface area contributed by atoms with Gasteiger partial charge in [-0.3, -0.25) is 9.79 Å². The Kier molecular flexibility index (Phi) is 3.38. The number of nitrogens with two attached hydrogens (primary N) is 1. The van der Waals surface area contributed by atoms with Crippen LogP contribution >= 0.6 is 11.8 Å². The monoisotopic (exact) mass is 249 g/mol. The molecular formula is C12H15N3OS. The maximum atomic E-state index is 10.4. The van der Waals surface area contributed by atoms with E-state index in [1.54, 1.807) is 11.8 Å². The van der Waals surface area contributed by atoms with Gasteiger partial charge in [-0.2, -0.15) is 0 Å². The topological polar surface area (TPSA) is 67.5 Å². The lowest BCUT2D eigenvalue weighted by Gasteiger charge is -2.30. The molecule has 0 bridgehead atoms. The number of amides is 1. The molecule has 0 fully saturated rings. The Labute approximate surface area is 105 Å². The standard InChI is InChI=1S/C12H15N3OS/c1-12(5-6-17-11(13)15-12)9-3-2-4-10(7-9)14-8-16/h2-4,7-8H,5-6H2,1H3,(H2,13,15)(H,14,16). The summed E-state index contributed by atoms with van der Waals surface area (Å²) >= 11 is 1.59. The highest BCUT2D eigenvalue weighted by atomic mass is 32.2. The van der Waals surface area contributed by atoms with Crippen molar-refractivity contribution in [1.82, 2.24) is 0 Å². The lowest BCUT2D eigenvalue weighted by molar-refractivity contribution is -0.105. The molecule has 0 saturated carbocycles. The Morgan fingerprint density at radius 1 is 1.59 bits per heavy atom. The van der Waals surface area contributed by atoms with Crippen molar-refractivity contribution in [1.29, 1.82) is 0 Å². The van der Waals surface area contributed by atoms with E-state index in [1.807, 2.05) is 24.3 Å². The molecule has 3 N–H and O–H groups in total. The van der Waals surface area contributed by atoms with Gasteiger partial charge in [-0.05, 0) is 31.0 Å². The first-order valence-corrected chi connectivity index (χ1v) is 6.41. The van der Waals surface area contributed by atoms with Crippen molar-refractivity contribution in [3.63, 3.8) is 0 Å². The third-order valence-corrected chi connectivity index (χ3v) is 3.70. The van der Waals surface area contributed by atoms with Gasteiger partial charge in [-0.15, -0.1) is 0 Å². The molecule has 1 aromatic rings. The predicted octanol–water partition coefficient (Wildman–Crippen LogP) is 1.92. The lowest BCUT2D eigenvalue weighted by Crippen LogP contribution is -2.28. The molecule has 2 rings (SSSR count). The second-order valence-electron chi connectivity index (χ2n) is 4.17. The molecule has 0 spiro atoms. The van der Waals surface area contributed by atoms with Crippen LogP contribution in [0.5, 0.6) is 0 Å². The van der Waals surface area contributed by atoms with Gasteiger partial charge in [-0.25, -0.2) is 0 Å². The predicted molar refractivity (Wildman–Crippen MR) is 72.2 cm³/mol. The summed E-state index contributed by atoms with van der Waals surface area (Å²) < 4.78 is 0. The fourth-order valence-corrected chi connectivity index (χ4v) is 2.88. The van der Waals surface area contributed by atoms with Crippen molar-refractivity contribution in [3.05, 3.63) is 29.8 Å². The van der Waals surface area contributed by atoms with Gasteiger partial charge in [0.05, 0.1) is 5.54 Å². The number of carbonyl (C=O) groups is 1. The number of hydrogen-bond donors (Lipinski definition) is 2. The van der Waals surface area contributed by atoms with Crippen LogP contribution in [0.25, 0.3) is 0 Å². The third-order valence-electron chi connectivity index (χ3n) is 2.91. The van der Waals surface area contributed by atoms with Gasteiger partial charge in [0, 0.05) is 11.4 Å². The number of carbonyl (C=O) groups excluding carboxylic acids is 1. The molecular weight excluding hydrogens is 234 g/mol. The molecule has 0 aliphatic carbocycles. The van der Waals surface area contributed by atoms with Gasteiger partial charge in [0.2, 0.25) is 6.41 Å². The van der Waals surface area contributed by atoms with Crippen LogP contribution in [-0.4, -0.2) is 17.3 Å². The number of amidine groups is 1. The summed E-state index contributed by atoms with van der Waals surface area (Å²) in [5, 5.41) is 3.28. The van der Waals surface area contributed by atoms with Gasteiger partial charge in [0.15, 0.2) is 5.17 Å². The molecule has 17 heavy (non-hydrogen) atoms.